The van der Waals surface area contributed by atoms with Crippen molar-refractivity contribution < 1.29 is 14.3 Å². The molecule has 64 valence electrons. The third kappa shape index (κ3) is 1.74. The summed E-state index contributed by atoms with van der Waals surface area (Å²) in [6.07, 6.45) is 0. The van der Waals surface area contributed by atoms with Gasteiger partial charge in [0.05, 0.1) is 11.4 Å². The first-order valence-electron chi connectivity index (χ1n) is 3.23. The van der Waals surface area contributed by atoms with Crippen LogP contribution in [0.2, 0.25) is 0 Å². The van der Waals surface area contributed by atoms with Crippen LogP contribution in [0.3, 0.4) is 0 Å². The van der Waals surface area contributed by atoms with Crippen LogP contribution in [0.4, 0.5) is 4.39 Å². The van der Waals surface area contributed by atoms with Gasteiger partial charge in [-0.25, -0.2) is 9.18 Å². The predicted octanol–water partition coefficient (Wildman–Crippen LogP) is 2.26. The molecule has 0 saturated heterocycles. The van der Waals surface area contributed by atoms with Crippen LogP contribution in [0.15, 0.2) is 18.2 Å². The van der Waals surface area contributed by atoms with Crippen molar-refractivity contribution in [3.8, 4) is 0 Å². The Balaban J connectivity index is 3.13. The number of aromatic carboxylic acids is 1. The lowest BCUT2D eigenvalue weighted by Crippen LogP contribution is -1.98. The highest BCUT2D eigenvalue weighted by Crippen LogP contribution is 2.12. The zero-order valence-corrected chi connectivity index (χ0v) is 6.81. The van der Waals surface area contributed by atoms with Crippen LogP contribution in [-0.4, -0.2) is 11.1 Å². The summed E-state index contributed by atoms with van der Waals surface area (Å²) in [6, 6.07) is 3.53. The summed E-state index contributed by atoms with van der Waals surface area (Å²) in [7, 11) is 0. The monoisotopic (exact) mass is 188 g/mol. The van der Waals surface area contributed by atoms with Crippen molar-refractivity contribution >= 4 is 17.6 Å². The smallest absolute Gasteiger partial charge is 0.335 e. The van der Waals surface area contributed by atoms with Crippen molar-refractivity contribution in [1.82, 2.24) is 0 Å². The second-order valence-electron chi connectivity index (χ2n) is 2.24. The first-order valence-corrected chi connectivity index (χ1v) is 3.76. The highest BCUT2D eigenvalue weighted by Gasteiger charge is 2.06. The number of alkyl halides is 1. The SMILES string of the molecule is O=C(O)c1ccc(F)c(CCl)c1. The van der Waals surface area contributed by atoms with Crippen molar-refractivity contribution in [2.24, 2.45) is 0 Å². The molecule has 0 bridgehead atoms. The van der Waals surface area contributed by atoms with Gasteiger partial charge < -0.3 is 5.11 Å². The maximum absolute atomic E-state index is 12.8. The normalized spacial score (nSPS) is 9.83. The highest BCUT2D eigenvalue weighted by molar-refractivity contribution is 6.17. The van der Waals surface area contributed by atoms with E-state index in [9.17, 15) is 9.18 Å². The molecule has 1 aromatic rings. The molecule has 0 atom stereocenters. The van der Waals surface area contributed by atoms with Gasteiger partial charge in [-0.05, 0) is 18.2 Å². The average molecular weight is 189 g/mol. The second-order valence-corrected chi connectivity index (χ2v) is 2.51. The van der Waals surface area contributed by atoms with Crippen LogP contribution < -0.4 is 0 Å². The van der Waals surface area contributed by atoms with Gasteiger partial charge in [-0.3, -0.25) is 0 Å². The van der Waals surface area contributed by atoms with E-state index in [2.05, 4.69) is 0 Å². The lowest BCUT2D eigenvalue weighted by molar-refractivity contribution is 0.0696. The second kappa shape index (κ2) is 3.54. The Morgan fingerprint density at radius 1 is 1.58 bits per heavy atom. The van der Waals surface area contributed by atoms with Crippen LogP contribution in [0.25, 0.3) is 0 Å². The average Bonchev–Trinajstić information content (AvgIpc) is 2.05. The quantitative estimate of drug-likeness (QED) is 0.723. The number of hydrogen-bond acceptors (Lipinski definition) is 1. The highest BCUT2D eigenvalue weighted by atomic mass is 35.5. The summed E-state index contributed by atoms with van der Waals surface area (Å²) in [5, 5.41) is 8.53. The fraction of sp³-hybridized carbons (Fsp3) is 0.125. The van der Waals surface area contributed by atoms with E-state index in [1.165, 1.54) is 12.1 Å². The van der Waals surface area contributed by atoms with Gasteiger partial charge in [0.25, 0.3) is 0 Å². The maximum atomic E-state index is 12.8. The molecule has 0 aliphatic carbocycles. The molecule has 4 heteroatoms. The van der Waals surface area contributed by atoms with Crippen LogP contribution in [-0.2, 0) is 5.88 Å². The summed E-state index contributed by atoms with van der Waals surface area (Å²) in [5.41, 5.74) is 0.253. The van der Waals surface area contributed by atoms with Gasteiger partial charge in [-0.2, -0.15) is 0 Å². The van der Waals surface area contributed by atoms with E-state index in [0.29, 0.717) is 0 Å². The Morgan fingerprint density at radius 2 is 2.25 bits per heavy atom. The Labute approximate surface area is 73.6 Å². The molecule has 0 aliphatic heterocycles. The molecule has 0 saturated carbocycles. The van der Waals surface area contributed by atoms with E-state index in [4.69, 9.17) is 16.7 Å². The molecule has 0 unspecified atom stereocenters. The first kappa shape index (κ1) is 9.00. The molecule has 0 radical (unpaired) electrons. The summed E-state index contributed by atoms with van der Waals surface area (Å²) in [4.78, 5) is 10.4. The molecule has 0 aliphatic rings. The Hall–Kier alpha value is -1.09. The van der Waals surface area contributed by atoms with E-state index in [1.54, 1.807) is 0 Å². The van der Waals surface area contributed by atoms with Crippen molar-refractivity contribution in [3.05, 3.63) is 35.1 Å². The van der Waals surface area contributed by atoms with Crippen molar-refractivity contribution in [3.63, 3.8) is 0 Å². The van der Waals surface area contributed by atoms with Gasteiger partial charge in [-0.15, -0.1) is 11.6 Å². The number of hydrogen-bond donors (Lipinski definition) is 1. The third-order valence-electron chi connectivity index (χ3n) is 1.44. The first-order chi connectivity index (χ1) is 5.65. The fourth-order valence-corrected chi connectivity index (χ4v) is 1.01. The van der Waals surface area contributed by atoms with Crippen molar-refractivity contribution in [2.75, 3.05) is 0 Å². The minimum absolute atomic E-state index is 0.0209. The molecular formula is C8H6ClFO2. The third-order valence-corrected chi connectivity index (χ3v) is 1.72. The lowest BCUT2D eigenvalue weighted by atomic mass is 10.1. The minimum Gasteiger partial charge on any atom is -0.478 e. The largest absolute Gasteiger partial charge is 0.478 e. The van der Waals surface area contributed by atoms with E-state index in [-0.39, 0.29) is 17.0 Å². The van der Waals surface area contributed by atoms with Crippen LogP contribution in [0, 0.1) is 5.82 Å². The van der Waals surface area contributed by atoms with Crippen LogP contribution >= 0.6 is 11.6 Å². The standard InChI is InChI=1S/C8H6ClFO2/c9-4-6-3-5(8(11)12)1-2-7(6)10/h1-3H,4H2,(H,11,12). The lowest BCUT2D eigenvalue weighted by Gasteiger charge is -1.99. The Kier molecular flexibility index (Phi) is 2.65. The van der Waals surface area contributed by atoms with Crippen LogP contribution in [0.5, 0.6) is 0 Å². The predicted molar refractivity (Wildman–Crippen MR) is 42.9 cm³/mol. The number of benzene rings is 1. The number of rotatable bonds is 2. The molecule has 2 nitrogen and oxygen atoms in total. The fourth-order valence-electron chi connectivity index (χ4n) is 0.810. The Morgan fingerprint density at radius 3 is 2.75 bits per heavy atom. The molecule has 1 aromatic carbocycles. The molecule has 1 rings (SSSR count). The van der Waals surface area contributed by atoms with E-state index in [1.807, 2.05) is 0 Å². The van der Waals surface area contributed by atoms with Gasteiger partial charge in [-0.1, -0.05) is 0 Å². The molecular weight excluding hydrogens is 183 g/mol. The number of halogens is 2. The van der Waals surface area contributed by atoms with E-state index in [0.717, 1.165) is 6.07 Å². The Bertz CT molecular complexity index is 312. The topological polar surface area (TPSA) is 37.3 Å². The zero-order chi connectivity index (χ0) is 9.14. The number of carbonyl (C=O) groups is 1. The summed E-state index contributed by atoms with van der Waals surface area (Å²) < 4.78 is 12.8. The molecule has 12 heavy (non-hydrogen) atoms. The summed E-state index contributed by atoms with van der Waals surface area (Å²) >= 11 is 5.38. The van der Waals surface area contributed by atoms with Gasteiger partial charge in [0.1, 0.15) is 5.82 Å². The minimum atomic E-state index is -1.08. The summed E-state index contributed by atoms with van der Waals surface area (Å²) in [6.45, 7) is 0. The van der Waals surface area contributed by atoms with E-state index >= 15 is 0 Å². The van der Waals surface area contributed by atoms with Crippen molar-refractivity contribution in [1.29, 1.82) is 0 Å². The van der Waals surface area contributed by atoms with Gasteiger partial charge in [0, 0.05) is 5.56 Å². The van der Waals surface area contributed by atoms with Crippen LogP contribution in [0.1, 0.15) is 15.9 Å². The molecule has 1 N–H and O–H groups in total. The molecule has 0 spiro atoms. The number of carboxylic acid groups (broad SMARTS) is 1. The molecule has 0 amide bonds. The molecule has 0 heterocycles. The van der Waals surface area contributed by atoms with Gasteiger partial charge in [0.2, 0.25) is 0 Å². The van der Waals surface area contributed by atoms with Gasteiger partial charge in [0.15, 0.2) is 0 Å². The van der Waals surface area contributed by atoms with E-state index < -0.39 is 11.8 Å². The molecule has 0 fully saturated rings. The van der Waals surface area contributed by atoms with Gasteiger partial charge >= 0.3 is 5.97 Å². The summed E-state index contributed by atoms with van der Waals surface area (Å²) in [5.74, 6) is -1.58. The maximum Gasteiger partial charge on any atom is 0.335 e. The molecule has 0 aromatic heterocycles. The van der Waals surface area contributed by atoms with Crippen molar-refractivity contribution in [2.45, 2.75) is 5.88 Å². The zero-order valence-electron chi connectivity index (χ0n) is 6.05. The number of carboxylic acids is 1.